The van der Waals surface area contributed by atoms with Crippen molar-refractivity contribution in [2.24, 2.45) is 4.99 Å². The highest BCUT2D eigenvalue weighted by Crippen LogP contribution is 2.14. The molecule has 0 atom stereocenters. The Labute approximate surface area is 152 Å². The molecule has 0 aliphatic rings. The van der Waals surface area contributed by atoms with Crippen LogP contribution in [0.3, 0.4) is 0 Å². The van der Waals surface area contributed by atoms with E-state index in [0.717, 1.165) is 55.4 Å². The van der Waals surface area contributed by atoms with Crippen LogP contribution >= 0.6 is 22.7 Å². The van der Waals surface area contributed by atoms with Gasteiger partial charge in [0.2, 0.25) is 0 Å². The lowest BCUT2D eigenvalue weighted by molar-refractivity contribution is 0.692. The zero-order chi connectivity index (χ0) is 17.2. The lowest BCUT2D eigenvalue weighted by Gasteiger charge is -2.10. The van der Waals surface area contributed by atoms with E-state index < -0.39 is 0 Å². The Balaban J connectivity index is 1.70. The fourth-order valence-corrected chi connectivity index (χ4v) is 3.80. The molecule has 7 heteroatoms. The number of aliphatic imine (C=N–C) groups is 1. The normalized spacial score (nSPS) is 11.7. The molecular weight excluding hydrogens is 338 g/mol. The molecule has 0 fully saturated rings. The van der Waals surface area contributed by atoms with Gasteiger partial charge in [0.15, 0.2) is 5.96 Å². The molecule has 0 saturated heterocycles. The van der Waals surface area contributed by atoms with Gasteiger partial charge in [-0.05, 0) is 39.5 Å². The van der Waals surface area contributed by atoms with Crippen LogP contribution in [0.2, 0.25) is 0 Å². The second-order valence-electron chi connectivity index (χ2n) is 5.54. The van der Waals surface area contributed by atoms with Crippen LogP contribution in [-0.2, 0) is 19.4 Å². The summed E-state index contributed by atoms with van der Waals surface area (Å²) >= 11 is 3.50. The van der Waals surface area contributed by atoms with Crippen LogP contribution < -0.4 is 10.6 Å². The van der Waals surface area contributed by atoms with Crippen LogP contribution in [0.4, 0.5) is 0 Å². The Morgan fingerprint density at radius 3 is 2.75 bits per heavy atom. The summed E-state index contributed by atoms with van der Waals surface area (Å²) in [6, 6.07) is 0. The molecule has 2 aromatic rings. The van der Waals surface area contributed by atoms with Gasteiger partial charge in [-0.25, -0.2) is 15.0 Å². The van der Waals surface area contributed by atoms with E-state index in [1.54, 1.807) is 22.7 Å². The summed E-state index contributed by atoms with van der Waals surface area (Å²) in [5, 5.41) is 11.1. The number of hydrogen-bond acceptors (Lipinski definition) is 5. The first-order valence-electron chi connectivity index (χ1n) is 8.58. The van der Waals surface area contributed by atoms with E-state index >= 15 is 0 Å². The first-order valence-corrected chi connectivity index (χ1v) is 10.3. The van der Waals surface area contributed by atoms with E-state index in [-0.39, 0.29) is 0 Å². The Morgan fingerprint density at radius 1 is 1.21 bits per heavy atom. The molecule has 0 bridgehead atoms. The van der Waals surface area contributed by atoms with E-state index in [4.69, 9.17) is 0 Å². The average molecular weight is 366 g/mol. The van der Waals surface area contributed by atoms with Gasteiger partial charge in [-0.1, -0.05) is 6.92 Å². The van der Waals surface area contributed by atoms with E-state index in [1.807, 2.05) is 13.1 Å². The Bertz CT molecular complexity index is 632. The predicted molar refractivity (Wildman–Crippen MR) is 104 cm³/mol. The smallest absolute Gasteiger partial charge is 0.191 e. The first kappa shape index (κ1) is 18.9. The first-order chi connectivity index (χ1) is 11.7. The zero-order valence-corrected chi connectivity index (χ0v) is 16.4. The summed E-state index contributed by atoms with van der Waals surface area (Å²) < 4.78 is 0. The van der Waals surface area contributed by atoms with Crippen molar-refractivity contribution in [3.63, 3.8) is 0 Å². The summed E-state index contributed by atoms with van der Waals surface area (Å²) in [6.45, 7) is 8.71. The van der Waals surface area contributed by atoms with E-state index in [9.17, 15) is 0 Å². The minimum atomic E-state index is 0.637. The van der Waals surface area contributed by atoms with E-state index in [0.29, 0.717) is 6.54 Å². The maximum atomic E-state index is 4.62. The fourth-order valence-electron chi connectivity index (χ4n) is 2.20. The number of nitrogens with one attached hydrogen (secondary N) is 2. The number of nitrogens with zero attached hydrogens (tertiary/aromatic N) is 3. The van der Waals surface area contributed by atoms with Gasteiger partial charge in [0, 0.05) is 35.2 Å². The fraction of sp³-hybridized carbons (Fsp3) is 0.588. The molecule has 2 aromatic heterocycles. The summed E-state index contributed by atoms with van der Waals surface area (Å²) in [5.41, 5.74) is 1.13. The van der Waals surface area contributed by atoms with Gasteiger partial charge in [-0.2, -0.15) is 0 Å². The lowest BCUT2D eigenvalue weighted by atomic mass is 10.2. The van der Waals surface area contributed by atoms with E-state index in [1.165, 1.54) is 9.88 Å². The van der Waals surface area contributed by atoms with Crippen molar-refractivity contribution >= 4 is 28.6 Å². The number of guanidine groups is 1. The minimum absolute atomic E-state index is 0.637. The van der Waals surface area contributed by atoms with Crippen LogP contribution in [0.5, 0.6) is 0 Å². The number of hydrogen-bond donors (Lipinski definition) is 2. The second-order valence-corrected chi connectivity index (χ2v) is 7.68. The molecular formula is C17H27N5S2. The lowest BCUT2D eigenvalue weighted by Crippen LogP contribution is -2.37. The number of aryl methyl sites for hydroxylation is 3. The standard InChI is InChI=1S/C17H27N5S2/c1-4-14-10-20-16(24-14)11-21-17(18-5-2)19-9-7-6-8-15-22-13(3)12-23-15/h10,12H,4-9,11H2,1-3H3,(H2,18,19,21). The van der Waals surface area contributed by atoms with Gasteiger partial charge in [0.05, 0.1) is 11.6 Å². The Hall–Kier alpha value is -1.47. The van der Waals surface area contributed by atoms with Crippen LogP contribution in [0.15, 0.2) is 16.6 Å². The van der Waals surface area contributed by atoms with Gasteiger partial charge in [0.1, 0.15) is 5.01 Å². The molecule has 24 heavy (non-hydrogen) atoms. The molecule has 2 N–H and O–H groups in total. The molecule has 0 unspecified atom stereocenters. The van der Waals surface area contributed by atoms with Crippen LogP contribution in [0.25, 0.3) is 0 Å². The summed E-state index contributed by atoms with van der Waals surface area (Å²) in [6.07, 6.45) is 6.31. The van der Waals surface area contributed by atoms with Crippen LogP contribution in [0, 0.1) is 6.92 Å². The quantitative estimate of drug-likeness (QED) is 0.405. The summed E-state index contributed by atoms with van der Waals surface area (Å²) in [7, 11) is 0. The van der Waals surface area contributed by atoms with Crippen molar-refractivity contribution in [2.45, 2.75) is 53.0 Å². The predicted octanol–water partition coefficient (Wildman–Crippen LogP) is 3.55. The second kappa shape index (κ2) is 10.4. The van der Waals surface area contributed by atoms with Gasteiger partial charge in [-0.15, -0.1) is 22.7 Å². The summed E-state index contributed by atoms with van der Waals surface area (Å²) in [5.74, 6) is 0.871. The third kappa shape index (κ3) is 6.57. The van der Waals surface area contributed by atoms with E-state index in [2.05, 4.69) is 44.8 Å². The largest absolute Gasteiger partial charge is 0.357 e. The van der Waals surface area contributed by atoms with Crippen molar-refractivity contribution in [3.8, 4) is 0 Å². The highest BCUT2D eigenvalue weighted by molar-refractivity contribution is 7.11. The topological polar surface area (TPSA) is 62.2 Å². The molecule has 0 saturated carbocycles. The third-order valence-corrected chi connectivity index (χ3v) is 5.60. The van der Waals surface area contributed by atoms with Gasteiger partial charge >= 0.3 is 0 Å². The van der Waals surface area contributed by atoms with Gasteiger partial charge < -0.3 is 10.6 Å². The summed E-state index contributed by atoms with van der Waals surface area (Å²) in [4.78, 5) is 14.9. The van der Waals surface area contributed by atoms with Crippen molar-refractivity contribution in [2.75, 3.05) is 13.1 Å². The van der Waals surface area contributed by atoms with Crippen molar-refractivity contribution < 1.29 is 0 Å². The van der Waals surface area contributed by atoms with Crippen molar-refractivity contribution in [1.29, 1.82) is 0 Å². The molecule has 0 radical (unpaired) electrons. The Kier molecular flexibility index (Phi) is 8.18. The maximum absolute atomic E-state index is 4.62. The van der Waals surface area contributed by atoms with Gasteiger partial charge in [0.25, 0.3) is 0 Å². The highest BCUT2D eigenvalue weighted by atomic mass is 32.1. The zero-order valence-electron chi connectivity index (χ0n) is 14.8. The number of aromatic nitrogens is 2. The van der Waals surface area contributed by atoms with Crippen LogP contribution in [-0.4, -0.2) is 29.0 Å². The average Bonchev–Trinajstić information content (AvgIpc) is 3.21. The van der Waals surface area contributed by atoms with Gasteiger partial charge in [-0.3, -0.25) is 0 Å². The molecule has 0 spiro atoms. The number of thiazole rings is 2. The minimum Gasteiger partial charge on any atom is -0.357 e. The molecule has 0 aliphatic carbocycles. The molecule has 2 rings (SSSR count). The van der Waals surface area contributed by atoms with Crippen molar-refractivity contribution in [1.82, 2.24) is 20.6 Å². The molecule has 5 nitrogen and oxygen atoms in total. The van der Waals surface area contributed by atoms with Crippen molar-refractivity contribution in [3.05, 3.63) is 32.2 Å². The molecule has 132 valence electrons. The Morgan fingerprint density at radius 2 is 2.08 bits per heavy atom. The molecule has 0 aliphatic heterocycles. The van der Waals surface area contributed by atoms with Crippen LogP contribution in [0.1, 0.15) is 47.3 Å². The number of rotatable bonds is 9. The monoisotopic (exact) mass is 365 g/mol. The molecule has 2 heterocycles. The third-order valence-electron chi connectivity index (χ3n) is 3.44. The SMILES string of the molecule is CCNC(=NCc1ncc(CC)s1)NCCCCc1nc(C)cs1. The number of unbranched alkanes of at least 4 members (excludes halogenated alkanes) is 1. The molecule has 0 aromatic carbocycles. The molecule has 0 amide bonds. The highest BCUT2D eigenvalue weighted by Gasteiger charge is 2.02. The maximum Gasteiger partial charge on any atom is 0.191 e.